The third-order valence-corrected chi connectivity index (χ3v) is 5.63. The van der Waals surface area contributed by atoms with Crippen molar-refractivity contribution in [1.29, 1.82) is 0 Å². The van der Waals surface area contributed by atoms with Gasteiger partial charge in [0.25, 0.3) is 0 Å². The Kier molecular flexibility index (Phi) is 6.27. The second kappa shape index (κ2) is 7.78. The topological polar surface area (TPSA) is 52.6 Å². The average molecular weight is 310 g/mol. The Labute approximate surface area is 135 Å². The van der Waals surface area contributed by atoms with E-state index in [9.17, 15) is 9.90 Å². The standard InChI is InChI=1S/C18H34N2O2/c1-14(2)15(3)19-17(21)16-7-11-20(12-8-16)13-18(22)9-5-4-6-10-18/h14-16,22H,4-13H2,1-3H3,(H,19,21). The molecule has 0 aromatic carbocycles. The van der Waals surface area contributed by atoms with Crippen LogP contribution in [0.15, 0.2) is 0 Å². The van der Waals surface area contributed by atoms with Crippen molar-refractivity contribution in [1.82, 2.24) is 10.2 Å². The van der Waals surface area contributed by atoms with E-state index in [0.29, 0.717) is 5.92 Å². The van der Waals surface area contributed by atoms with Crippen molar-refractivity contribution in [2.45, 2.75) is 77.4 Å². The van der Waals surface area contributed by atoms with Crippen molar-refractivity contribution in [3.63, 3.8) is 0 Å². The van der Waals surface area contributed by atoms with E-state index in [2.05, 4.69) is 31.0 Å². The van der Waals surface area contributed by atoms with Crippen LogP contribution in [-0.2, 0) is 4.79 Å². The van der Waals surface area contributed by atoms with E-state index >= 15 is 0 Å². The first-order valence-electron chi connectivity index (χ1n) is 9.15. The van der Waals surface area contributed by atoms with Crippen molar-refractivity contribution in [2.75, 3.05) is 19.6 Å². The number of amides is 1. The molecule has 1 amide bonds. The van der Waals surface area contributed by atoms with Gasteiger partial charge in [0.15, 0.2) is 0 Å². The molecule has 2 fully saturated rings. The number of hydrogen-bond acceptors (Lipinski definition) is 3. The van der Waals surface area contributed by atoms with Gasteiger partial charge < -0.3 is 15.3 Å². The summed E-state index contributed by atoms with van der Waals surface area (Å²) in [6, 6.07) is 0.244. The Balaban J connectivity index is 1.74. The van der Waals surface area contributed by atoms with Crippen LogP contribution < -0.4 is 5.32 Å². The molecule has 0 radical (unpaired) electrons. The fourth-order valence-electron chi connectivity index (χ4n) is 3.65. The van der Waals surface area contributed by atoms with Crippen LogP contribution in [0.25, 0.3) is 0 Å². The lowest BCUT2D eigenvalue weighted by atomic mass is 9.83. The van der Waals surface area contributed by atoms with Gasteiger partial charge in [-0.1, -0.05) is 33.1 Å². The van der Waals surface area contributed by atoms with Crippen LogP contribution >= 0.6 is 0 Å². The fourth-order valence-corrected chi connectivity index (χ4v) is 3.65. The first-order valence-corrected chi connectivity index (χ1v) is 9.15. The molecule has 0 aromatic heterocycles. The summed E-state index contributed by atoms with van der Waals surface area (Å²) in [7, 11) is 0. The third-order valence-electron chi connectivity index (χ3n) is 5.63. The van der Waals surface area contributed by atoms with Crippen molar-refractivity contribution in [3.8, 4) is 0 Å². The van der Waals surface area contributed by atoms with Crippen LogP contribution in [0.1, 0.15) is 65.7 Å². The van der Waals surface area contributed by atoms with E-state index in [4.69, 9.17) is 0 Å². The molecule has 0 spiro atoms. The first kappa shape index (κ1) is 17.7. The van der Waals surface area contributed by atoms with Gasteiger partial charge in [0.2, 0.25) is 5.91 Å². The summed E-state index contributed by atoms with van der Waals surface area (Å²) in [6.45, 7) is 9.03. The number of β-amino-alcohol motifs (C(OH)–C–C–N with tert-alkyl or cyclic N) is 1. The monoisotopic (exact) mass is 310 g/mol. The molecule has 2 N–H and O–H groups in total. The molecule has 1 unspecified atom stereocenters. The maximum absolute atomic E-state index is 12.3. The molecule has 4 heteroatoms. The molecule has 2 rings (SSSR count). The highest BCUT2D eigenvalue weighted by atomic mass is 16.3. The van der Waals surface area contributed by atoms with Crippen LogP contribution in [0.3, 0.4) is 0 Å². The van der Waals surface area contributed by atoms with Gasteiger partial charge in [-0.25, -0.2) is 0 Å². The van der Waals surface area contributed by atoms with Crippen LogP contribution in [0.2, 0.25) is 0 Å². The number of hydrogen-bond donors (Lipinski definition) is 2. The molecular weight excluding hydrogens is 276 g/mol. The first-order chi connectivity index (χ1) is 10.4. The minimum absolute atomic E-state index is 0.151. The number of likely N-dealkylation sites (tertiary alicyclic amines) is 1. The van der Waals surface area contributed by atoms with E-state index in [1.165, 1.54) is 6.42 Å². The zero-order valence-corrected chi connectivity index (χ0v) is 14.6. The number of carbonyl (C=O) groups is 1. The summed E-state index contributed by atoms with van der Waals surface area (Å²) in [5.41, 5.74) is -0.473. The minimum atomic E-state index is -0.473. The third kappa shape index (κ3) is 4.95. The molecular formula is C18H34N2O2. The van der Waals surface area contributed by atoms with Gasteiger partial charge in [-0.15, -0.1) is 0 Å². The lowest BCUT2D eigenvalue weighted by Gasteiger charge is -2.39. The summed E-state index contributed by atoms with van der Waals surface area (Å²) < 4.78 is 0. The molecule has 1 saturated carbocycles. The van der Waals surface area contributed by atoms with Gasteiger partial charge >= 0.3 is 0 Å². The Morgan fingerprint density at radius 1 is 1.18 bits per heavy atom. The quantitative estimate of drug-likeness (QED) is 0.820. The predicted molar refractivity (Wildman–Crippen MR) is 89.6 cm³/mol. The molecule has 1 aliphatic carbocycles. The summed E-state index contributed by atoms with van der Waals surface area (Å²) in [5.74, 6) is 0.847. The smallest absolute Gasteiger partial charge is 0.223 e. The Morgan fingerprint density at radius 2 is 1.77 bits per heavy atom. The molecule has 1 atom stereocenters. The van der Waals surface area contributed by atoms with Crippen molar-refractivity contribution in [2.24, 2.45) is 11.8 Å². The van der Waals surface area contributed by atoms with Gasteiger partial charge in [0, 0.05) is 18.5 Å². The molecule has 1 heterocycles. The fraction of sp³-hybridized carbons (Fsp3) is 0.944. The van der Waals surface area contributed by atoms with Crippen LogP contribution in [0.4, 0.5) is 0 Å². The summed E-state index contributed by atoms with van der Waals surface area (Å²) >= 11 is 0. The Morgan fingerprint density at radius 3 is 2.32 bits per heavy atom. The van der Waals surface area contributed by atoms with E-state index in [-0.39, 0.29) is 17.9 Å². The summed E-state index contributed by atoms with van der Waals surface area (Å²) in [5, 5.41) is 13.8. The number of nitrogens with one attached hydrogen (secondary N) is 1. The van der Waals surface area contributed by atoms with Gasteiger partial charge in [-0.3, -0.25) is 4.79 Å². The van der Waals surface area contributed by atoms with E-state index in [1.54, 1.807) is 0 Å². The highest BCUT2D eigenvalue weighted by Crippen LogP contribution is 2.30. The van der Waals surface area contributed by atoms with E-state index < -0.39 is 5.60 Å². The molecule has 1 saturated heterocycles. The number of aliphatic hydroxyl groups is 1. The highest BCUT2D eigenvalue weighted by molar-refractivity contribution is 5.79. The molecule has 4 nitrogen and oxygen atoms in total. The predicted octanol–water partition coefficient (Wildman–Crippen LogP) is 2.55. The normalized spacial score (nSPS) is 25.1. The largest absolute Gasteiger partial charge is 0.389 e. The maximum atomic E-state index is 12.3. The second-order valence-electron chi connectivity index (χ2n) is 7.88. The van der Waals surface area contributed by atoms with Gasteiger partial charge in [-0.05, 0) is 51.6 Å². The molecule has 22 heavy (non-hydrogen) atoms. The molecule has 128 valence electrons. The van der Waals surface area contributed by atoms with Crippen molar-refractivity contribution in [3.05, 3.63) is 0 Å². The van der Waals surface area contributed by atoms with Crippen LogP contribution in [-0.4, -0.2) is 47.2 Å². The SMILES string of the molecule is CC(C)C(C)NC(=O)C1CCN(CC2(O)CCCCC2)CC1. The van der Waals surface area contributed by atoms with E-state index in [0.717, 1.165) is 58.2 Å². The lowest BCUT2D eigenvalue weighted by molar-refractivity contribution is -0.127. The molecule has 0 bridgehead atoms. The number of piperidine rings is 1. The second-order valence-corrected chi connectivity index (χ2v) is 7.88. The average Bonchev–Trinajstić information content (AvgIpc) is 2.48. The minimum Gasteiger partial charge on any atom is -0.389 e. The molecule has 1 aliphatic heterocycles. The summed E-state index contributed by atoms with van der Waals surface area (Å²) in [4.78, 5) is 14.7. The Bertz CT molecular complexity index is 356. The Hall–Kier alpha value is -0.610. The van der Waals surface area contributed by atoms with Crippen LogP contribution in [0, 0.1) is 11.8 Å². The molecule has 0 aromatic rings. The highest BCUT2D eigenvalue weighted by Gasteiger charge is 2.33. The zero-order chi connectivity index (χ0) is 16.2. The number of rotatable bonds is 5. The number of nitrogens with zero attached hydrogens (tertiary/aromatic N) is 1. The van der Waals surface area contributed by atoms with Crippen LogP contribution in [0.5, 0.6) is 0 Å². The number of carbonyl (C=O) groups excluding carboxylic acids is 1. The van der Waals surface area contributed by atoms with E-state index in [1.807, 2.05) is 0 Å². The van der Waals surface area contributed by atoms with Crippen molar-refractivity contribution >= 4 is 5.91 Å². The van der Waals surface area contributed by atoms with Gasteiger partial charge in [0.1, 0.15) is 0 Å². The summed E-state index contributed by atoms with van der Waals surface area (Å²) in [6.07, 6.45) is 7.31. The lowest BCUT2D eigenvalue weighted by Crippen LogP contribution is -2.49. The zero-order valence-electron chi connectivity index (χ0n) is 14.6. The van der Waals surface area contributed by atoms with Gasteiger partial charge in [-0.2, -0.15) is 0 Å². The maximum Gasteiger partial charge on any atom is 0.223 e. The van der Waals surface area contributed by atoms with Crippen molar-refractivity contribution < 1.29 is 9.90 Å². The molecule has 2 aliphatic rings. The van der Waals surface area contributed by atoms with Gasteiger partial charge in [0.05, 0.1) is 5.60 Å².